The van der Waals surface area contributed by atoms with Crippen LogP contribution in [0.1, 0.15) is 145 Å². The molecule has 2 rings (SSSR count). The van der Waals surface area contributed by atoms with Crippen LogP contribution in [-0.4, -0.2) is 23.0 Å². The van der Waals surface area contributed by atoms with Crippen LogP contribution in [0, 0.1) is 38.4 Å². The van der Waals surface area contributed by atoms with Gasteiger partial charge in [-0.2, -0.15) is 0 Å². The number of rotatable bonds is 2. The Labute approximate surface area is 232 Å². The van der Waals surface area contributed by atoms with Crippen molar-refractivity contribution >= 4 is 0 Å². The Morgan fingerprint density at radius 1 is 0.639 bits per heavy atom. The first kappa shape index (κ1) is 39.9. The van der Waals surface area contributed by atoms with Crippen molar-refractivity contribution in [1.29, 1.82) is 0 Å². The molecule has 218 valence electrons. The van der Waals surface area contributed by atoms with Gasteiger partial charge in [0.15, 0.2) is 0 Å². The fourth-order valence-corrected chi connectivity index (χ4v) is 7.23. The molecule has 0 radical (unpaired) electrons. The summed E-state index contributed by atoms with van der Waals surface area (Å²) in [6.45, 7) is 48.0. The normalized spacial score (nSPS) is 34.6. The Kier molecular flexibility index (Phi) is 13.0. The molecule has 0 aromatic heterocycles. The first-order valence-electron chi connectivity index (χ1n) is 13.9. The molecule has 1 heteroatoms. The van der Waals surface area contributed by atoms with E-state index in [1.807, 2.05) is 13.8 Å². The second-order valence-corrected chi connectivity index (χ2v) is 15.1. The predicted octanol–water partition coefficient (Wildman–Crippen LogP) is 11.7. The van der Waals surface area contributed by atoms with Gasteiger partial charge >= 0.3 is 0 Å². The molecule has 0 N–H and O–H groups in total. The summed E-state index contributed by atoms with van der Waals surface area (Å²) in [6, 6.07) is 0. The third-order valence-electron chi connectivity index (χ3n) is 12.7. The molecule has 1 heterocycles. The minimum absolute atomic E-state index is 0. The Morgan fingerprint density at radius 3 is 1.36 bits per heavy atom. The number of likely N-dealkylation sites (N-methyl/N-ethyl adjacent to an activating group) is 1. The molecule has 1 aliphatic heterocycles. The van der Waals surface area contributed by atoms with E-state index in [1.165, 1.54) is 12.8 Å². The quantitative estimate of drug-likeness (QED) is 0.336. The zero-order valence-corrected chi connectivity index (χ0v) is 27.0. The molecule has 0 spiro atoms. The molecule has 2 fully saturated rings. The van der Waals surface area contributed by atoms with E-state index in [9.17, 15) is 0 Å². The Morgan fingerprint density at radius 2 is 1.03 bits per heavy atom. The minimum Gasteiger partial charge on any atom is -0.291 e. The van der Waals surface area contributed by atoms with Gasteiger partial charge < -0.3 is 0 Å². The number of nitrogens with zero attached hydrogens (tertiary/aromatic N) is 1. The van der Waals surface area contributed by atoms with E-state index >= 15 is 0 Å². The van der Waals surface area contributed by atoms with Gasteiger partial charge in [0, 0.05) is 11.1 Å². The van der Waals surface area contributed by atoms with E-state index in [4.69, 9.17) is 0 Å². The summed E-state index contributed by atoms with van der Waals surface area (Å²) in [7, 11) is 2.24. The van der Waals surface area contributed by atoms with Gasteiger partial charge in [-0.3, -0.25) is 4.90 Å². The lowest BCUT2D eigenvalue weighted by atomic mass is 9.38. The smallest absolute Gasteiger partial charge is 0.0414 e. The van der Waals surface area contributed by atoms with Gasteiger partial charge in [-0.25, -0.2) is 0 Å². The van der Waals surface area contributed by atoms with Crippen LogP contribution < -0.4 is 0 Å². The van der Waals surface area contributed by atoms with E-state index in [-0.39, 0.29) is 42.2 Å². The number of hydrogen-bond acceptors (Lipinski definition) is 1. The van der Waals surface area contributed by atoms with Crippen LogP contribution in [0.4, 0.5) is 0 Å². The van der Waals surface area contributed by atoms with E-state index in [1.54, 1.807) is 0 Å². The van der Waals surface area contributed by atoms with Crippen LogP contribution in [0.25, 0.3) is 0 Å². The standard InChI is InChI=1S/C16H30.C15H29N.C2H6.2CH4/c1-10-16(9)12(2)11-13(3,4)14(5,6)15(16,7)8;1-10-15(8)13(4,5)11-12(2,3)14(6,7)16(15)9;1-2;;/h10,12H,1,11H2,2-9H3;10H,1,11H2,2-9H3;1-2H3;2*1H4. The van der Waals surface area contributed by atoms with Gasteiger partial charge in [-0.1, -0.05) is 124 Å². The highest BCUT2D eigenvalue weighted by molar-refractivity contribution is 5.19. The number of piperidine rings is 1. The second kappa shape index (κ2) is 11.7. The fraction of sp³-hybridized carbons (Fsp3) is 0.886. The maximum atomic E-state index is 4.12. The minimum atomic E-state index is 0. The maximum Gasteiger partial charge on any atom is 0.0414 e. The van der Waals surface area contributed by atoms with E-state index in [2.05, 4.69) is 141 Å². The SMILES string of the molecule is C.C.C=CC1(C)C(C)CC(C)(C)C(C)(C)C1(C)C.C=CC1(C)N(C)C(C)(C)C(C)(C)CC1(C)C.CC. The lowest BCUT2D eigenvalue weighted by Gasteiger charge is -2.66. The van der Waals surface area contributed by atoms with Gasteiger partial charge in [-0.05, 0) is 79.1 Å². The van der Waals surface area contributed by atoms with Crippen LogP contribution in [0.2, 0.25) is 0 Å². The van der Waals surface area contributed by atoms with Gasteiger partial charge in [0.05, 0.1) is 0 Å². The Hall–Kier alpha value is -0.560. The van der Waals surface area contributed by atoms with Crippen molar-refractivity contribution in [3.8, 4) is 0 Å². The van der Waals surface area contributed by atoms with Crippen molar-refractivity contribution in [2.75, 3.05) is 7.05 Å². The van der Waals surface area contributed by atoms with Crippen molar-refractivity contribution in [2.45, 2.75) is 156 Å². The highest BCUT2D eigenvalue weighted by Crippen LogP contribution is 2.68. The molecule has 3 unspecified atom stereocenters. The van der Waals surface area contributed by atoms with Gasteiger partial charge in [0.2, 0.25) is 0 Å². The molecule has 0 bridgehead atoms. The number of allylic oxidation sites excluding steroid dienone is 1. The summed E-state index contributed by atoms with van der Waals surface area (Å²) in [6.07, 6.45) is 6.84. The highest BCUT2D eigenvalue weighted by Gasteiger charge is 2.61. The maximum absolute atomic E-state index is 4.12. The first-order chi connectivity index (χ1) is 14.9. The average molecular weight is 508 g/mol. The molecule has 3 atom stereocenters. The lowest BCUT2D eigenvalue weighted by Crippen LogP contribution is -2.70. The zero-order valence-electron chi connectivity index (χ0n) is 27.0. The summed E-state index contributed by atoms with van der Waals surface area (Å²) >= 11 is 0. The molecule has 1 nitrogen and oxygen atoms in total. The molecular formula is C35H73N. The molecule has 36 heavy (non-hydrogen) atoms. The second-order valence-electron chi connectivity index (χ2n) is 15.1. The summed E-state index contributed by atoms with van der Waals surface area (Å²) in [4.78, 5) is 2.51. The molecular weight excluding hydrogens is 434 g/mol. The molecule has 1 saturated heterocycles. The van der Waals surface area contributed by atoms with Crippen LogP contribution in [0.5, 0.6) is 0 Å². The fourth-order valence-electron chi connectivity index (χ4n) is 7.23. The summed E-state index contributed by atoms with van der Waals surface area (Å²) in [5, 5.41) is 0. The lowest BCUT2D eigenvalue weighted by molar-refractivity contribution is -0.159. The average Bonchev–Trinajstić information content (AvgIpc) is 2.70. The monoisotopic (exact) mass is 508 g/mol. The molecule has 1 saturated carbocycles. The van der Waals surface area contributed by atoms with E-state index in [0.717, 1.165) is 0 Å². The predicted molar refractivity (Wildman–Crippen MR) is 171 cm³/mol. The van der Waals surface area contributed by atoms with Crippen molar-refractivity contribution in [3.05, 3.63) is 25.3 Å². The third kappa shape index (κ3) is 5.58. The molecule has 2 aliphatic rings. The van der Waals surface area contributed by atoms with Crippen molar-refractivity contribution < 1.29 is 0 Å². The molecule has 0 amide bonds. The van der Waals surface area contributed by atoms with Crippen LogP contribution in [0.3, 0.4) is 0 Å². The van der Waals surface area contributed by atoms with Crippen LogP contribution in [0.15, 0.2) is 25.3 Å². The third-order valence-corrected chi connectivity index (χ3v) is 12.7. The topological polar surface area (TPSA) is 3.24 Å². The number of likely N-dealkylation sites (tertiary alicyclic amines) is 1. The molecule has 0 aromatic rings. The van der Waals surface area contributed by atoms with Crippen molar-refractivity contribution in [1.82, 2.24) is 4.90 Å². The van der Waals surface area contributed by atoms with Crippen LogP contribution >= 0.6 is 0 Å². The first-order valence-corrected chi connectivity index (χ1v) is 13.9. The molecule has 1 aliphatic carbocycles. The van der Waals surface area contributed by atoms with Crippen LogP contribution in [-0.2, 0) is 0 Å². The highest BCUT2D eigenvalue weighted by atomic mass is 15.3. The summed E-state index contributed by atoms with van der Waals surface area (Å²) in [5.41, 5.74) is 2.01. The Balaban J connectivity index is -0.000000538. The number of hydrogen-bond donors (Lipinski definition) is 0. The van der Waals surface area contributed by atoms with Crippen molar-refractivity contribution in [2.24, 2.45) is 38.4 Å². The summed E-state index contributed by atoms with van der Waals surface area (Å²) in [5.74, 6) is 0.697. The van der Waals surface area contributed by atoms with Gasteiger partial charge in [0.25, 0.3) is 0 Å². The van der Waals surface area contributed by atoms with E-state index in [0.29, 0.717) is 22.2 Å². The molecule has 0 aromatic carbocycles. The van der Waals surface area contributed by atoms with Crippen molar-refractivity contribution in [3.63, 3.8) is 0 Å². The van der Waals surface area contributed by atoms with E-state index < -0.39 is 0 Å². The zero-order chi connectivity index (χ0) is 28.0. The van der Waals surface area contributed by atoms with Gasteiger partial charge in [-0.15, -0.1) is 13.2 Å². The largest absolute Gasteiger partial charge is 0.291 e. The van der Waals surface area contributed by atoms with Gasteiger partial charge in [0.1, 0.15) is 0 Å². The Bertz CT molecular complexity index is 707. The summed E-state index contributed by atoms with van der Waals surface area (Å²) < 4.78 is 0.